The molecular formula is C12H16N4. The summed E-state index contributed by atoms with van der Waals surface area (Å²) in [5.74, 6) is 0. The summed E-state index contributed by atoms with van der Waals surface area (Å²) in [6.45, 7) is 4.12. The summed E-state index contributed by atoms with van der Waals surface area (Å²) in [5.41, 5.74) is 9.28. The van der Waals surface area contributed by atoms with Crippen molar-refractivity contribution in [3.05, 3.63) is 42.2 Å². The van der Waals surface area contributed by atoms with Crippen LogP contribution in [0.5, 0.6) is 0 Å². The van der Waals surface area contributed by atoms with Gasteiger partial charge in [0.15, 0.2) is 0 Å². The number of imidazole rings is 1. The van der Waals surface area contributed by atoms with Crippen molar-refractivity contribution in [2.45, 2.75) is 26.3 Å². The minimum Gasteiger partial charge on any atom is -0.323 e. The Morgan fingerprint density at radius 2 is 2.19 bits per heavy atom. The first kappa shape index (κ1) is 10.8. The van der Waals surface area contributed by atoms with Crippen LogP contribution in [0.25, 0.3) is 5.69 Å². The molecule has 0 fully saturated rings. The molecule has 4 nitrogen and oxygen atoms in total. The quantitative estimate of drug-likeness (QED) is 0.853. The second-order valence-electron chi connectivity index (χ2n) is 3.87. The summed E-state index contributed by atoms with van der Waals surface area (Å²) in [4.78, 5) is 8.30. The highest BCUT2D eigenvalue weighted by Gasteiger charge is 2.11. The van der Waals surface area contributed by atoms with Crippen LogP contribution in [0.2, 0.25) is 0 Å². The third-order valence-electron chi connectivity index (χ3n) is 2.76. The molecule has 2 aromatic rings. The van der Waals surface area contributed by atoms with E-state index in [1.54, 1.807) is 12.5 Å². The number of pyridine rings is 1. The van der Waals surface area contributed by atoms with Gasteiger partial charge in [-0.15, -0.1) is 0 Å². The molecule has 84 valence electrons. The van der Waals surface area contributed by atoms with E-state index in [9.17, 15) is 0 Å². The van der Waals surface area contributed by atoms with Gasteiger partial charge in [0.2, 0.25) is 0 Å². The topological polar surface area (TPSA) is 56.7 Å². The molecule has 0 unspecified atom stereocenters. The van der Waals surface area contributed by atoms with Gasteiger partial charge in [0.1, 0.15) is 0 Å². The van der Waals surface area contributed by atoms with Crippen LogP contribution < -0.4 is 5.73 Å². The number of nitrogens with zero attached hydrogens (tertiary/aromatic N) is 3. The number of aromatic nitrogens is 3. The molecule has 0 aliphatic rings. The standard InChI is InChI=1S/C12H16N4/c1-3-10(13)12-7-15-8-16(12)11-6-14-5-4-9(11)2/h4-8,10H,3,13H2,1-2H3/t10-/m1/s1. The largest absolute Gasteiger partial charge is 0.323 e. The van der Waals surface area contributed by atoms with Crippen molar-refractivity contribution < 1.29 is 0 Å². The molecule has 2 heterocycles. The maximum absolute atomic E-state index is 6.05. The predicted octanol–water partition coefficient (Wildman–Crippen LogP) is 1.99. The monoisotopic (exact) mass is 216 g/mol. The predicted molar refractivity (Wildman–Crippen MR) is 63.3 cm³/mol. The summed E-state index contributed by atoms with van der Waals surface area (Å²) in [7, 11) is 0. The van der Waals surface area contributed by atoms with Gasteiger partial charge in [-0.05, 0) is 25.0 Å². The van der Waals surface area contributed by atoms with E-state index < -0.39 is 0 Å². The van der Waals surface area contributed by atoms with E-state index in [0.29, 0.717) is 0 Å². The minimum absolute atomic E-state index is 0.0158. The third kappa shape index (κ3) is 1.84. The van der Waals surface area contributed by atoms with Crippen LogP contribution in [-0.2, 0) is 0 Å². The lowest BCUT2D eigenvalue weighted by molar-refractivity contribution is 0.658. The van der Waals surface area contributed by atoms with Gasteiger partial charge in [-0.25, -0.2) is 4.98 Å². The molecule has 2 N–H and O–H groups in total. The van der Waals surface area contributed by atoms with Crippen LogP contribution in [0.3, 0.4) is 0 Å². The number of hydrogen-bond donors (Lipinski definition) is 1. The summed E-state index contributed by atoms with van der Waals surface area (Å²) in [5, 5.41) is 0. The SMILES string of the molecule is CC[C@@H](N)c1cncn1-c1cnccc1C. The fourth-order valence-corrected chi connectivity index (χ4v) is 1.70. The Hall–Kier alpha value is -1.68. The Morgan fingerprint density at radius 1 is 1.38 bits per heavy atom. The van der Waals surface area contributed by atoms with E-state index in [2.05, 4.69) is 23.8 Å². The summed E-state index contributed by atoms with van der Waals surface area (Å²) < 4.78 is 2.01. The van der Waals surface area contributed by atoms with Gasteiger partial charge >= 0.3 is 0 Å². The number of aryl methyl sites for hydroxylation is 1. The summed E-state index contributed by atoms with van der Waals surface area (Å²) in [6, 6.07) is 2.00. The molecule has 2 rings (SSSR count). The average Bonchev–Trinajstić information content (AvgIpc) is 2.77. The molecule has 0 amide bonds. The van der Waals surface area contributed by atoms with E-state index in [0.717, 1.165) is 23.4 Å². The first-order valence-electron chi connectivity index (χ1n) is 5.42. The van der Waals surface area contributed by atoms with Gasteiger partial charge in [0.25, 0.3) is 0 Å². The molecule has 16 heavy (non-hydrogen) atoms. The van der Waals surface area contributed by atoms with E-state index in [-0.39, 0.29) is 6.04 Å². The molecule has 0 saturated heterocycles. The lowest BCUT2D eigenvalue weighted by atomic mass is 10.1. The molecule has 0 saturated carbocycles. The highest BCUT2D eigenvalue weighted by molar-refractivity contribution is 5.39. The molecular weight excluding hydrogens is 200 g/mol. The van der Waals surface area contributed by atoms with Gasteiger partial charge < -0.3 is 5.73 Å². The van der Waals surface area contributed by atoms with Crippen LogP contribution in [0.15, 0.2) is 31.0 Å². The first-order chi connectivity index (χ1) is 7.74. The van der Waals surface area contributed by atoms with E-state index in [1.807, 2.05) is 23.0 Å². The molecule has 0 aromatic carbocycles. The molecule has 4 heteroatoms. The van der Waals surface area contributed by atoms with Crippen molar-refractivity contribution in [1.29, 1.82) is 0 Å². The zero-order valence-electron chi connectivity index (χ0n) is 9.59. The van der Waals surface area contributed by atoms with Crippen molar-refractivity contribution in [2.75, 3.05) is 0 Å². The fraction of sp³-hybridized carbons (Fsp3) is 0.333. The minimum atomic E-state index is 0.0158. The van der Waals surface area contributed by atoms with Crippen molar-refractivity contribution in [2.24, 2.45) is 5.73 Å². The van der Waals surface area contributed by atoms with Crippen LogP contribution in [0, 0.1) is 6.92 Å². The Morgan fingerprint density at radius 3 is 2.88 bits per heavy atom. The Kier molecular flexibility index (Phi) is 3.01. The molecule has 0 radical (unpaired) electrons. The van der Waals surface area contributed by atoms with Crippen LogP contribution in [-0.4, -0.2) is 14.5 Å². The molecule has 0 aliphatic heterocycles. The van der Waals surface area contributed by atoms with E-state index >= 15 is 0 Å². The fourth-order valence-electron chi connectivity index (χ4n) is 1.70. The van der Waals surface area contributed by atoms with Crippen LogP contribution in [0.1, 0.15) is 30.6 Å². The summed E-state index contributed by atoms with van der Waals surface area (Å²) in [6.07, 6.45) is 8.12. The molecule has 0 aliphatic carbocycles. The van der Waals surface area contributed by atoms with Gasteiger partial charge in [-0.1, -0.05) is 6.92 Å². The second-order valence-corrected chi connectivity index (χ2v) is 3.87. The Balaban J connectivity index is 2.49. The van der Waals surface area contributed by atoms with Crippen molar-refractivity contribution in [3.63, 3.8) is 0 Å². The number of hydrogen-bond acceptors (Lipinski definition) is 3. The average molecular weight is 216 g/mol. The smallest absolute Gasteiger partial charge is 0.0995 e. The normalized spacial score (nSPS) is 12.7. The maximum Gasteiger partial charge on any atom is 0.0995 e. The molecule has 2 aromatic heterocycles. The van der Waals surface area contributed by atoms with Crippen molar-refractivity contribution >= 4 is 0 Å². The molecule has 0 spiro atoms. The van der Waals surface area contributed by atoms with Gasteiger partial charge in [-0.3, -0.25) is 9.55 Å². The highest BCUT2D eigenvalue weighted by atomic mass is 15.1. The summed E-state index contributed by atoms with van der Waals surface area (Å²) >= 11 is 0. The molecule has 1 atom stereocenters. The highest BCUT2D eigenvalue weighted by Crippen LogP contribution is 2.19. The third-order valence-corrected chi connectivity index (χ3v) is 2.76. The van der Waals surface area contributed by atoms with E-state index in [4.69, 9.17) is 5.73 Å². The zero-order chi connectivity index (χ0) is 11.5. The second kappa shape index (κ2) is 4.45. The Bertz CT molecular complexity index is 475. The number of rotatable bonds is 3. The van der Waals surface area contributed by atoms with Crippen molar-refractivity contribution in [1.82, 2.24) is 14.5 Å². The maximum atomic E-state index is 6.05. The Labute approximate surface area is 95.1 Å². The van der Waals surface area contributed by atoms with Crippen LogP contribution >= 0.6 is 0 Å². The number of nitrogens with two attached hydrogens (primary N) is 1. The molecule has 0 bridgehead atoms. The zero-order valence-corrected chi connectivity index (χ0v) is 9.59. The van der Waals surface area contributed by atoms with Gasteiger partial charge in [0.05, 0.1) is 30.1 Å². The lowest BCUT2D eigenvalue weighted by Crippen LogP contribution is -2.13. The van der Waals surface area contributed by atoms with E-state index in [1.165, 1.54) is 0 Å². The van der Waals surface area contributed by atoms with Crippen LogP contribution in [0.4, 0.5) is 0 Å². The lowest BCUT2D eigenvalue weighted by Gasteiger charge is -2.14. The van der Waals surface area contributed by atoms with Gasteiger partial charge in [0, 0.05) is 12.2 Å². The van der Waals surface area contributed by atoms with Gasteiger partial charge in [-0.2, -0.15) is 0 Å². The van der Waals surface area contributed by atoms with Crippen molar-refractivity contribution in [3.8, 4) is 5.69 Å². The first-order valence-corrected chi connectivity index (χ1v) is 5.42.